The summed E-state index contributed by atoms with van der Waals surface area (Å²) in [6.07, 6.45) is 5.42. The van der Waals surface area contributed by atoms with Gasteiger partial charge in [0.15, 0.2) is 0 Å². The van der Waals surface area contributed by atoms with Gasteiger partial charge < -0.3 is 3.93 Å². The third-order valence-electron chi connectivity index (χ3n) is 4.32. The first-order valence-electron chi connectivity index (χ1n) is 6.20. The lowest BCUT2D eigenvalue weighted by Gasteiger charge is -2.47. The number of hydrogen-bond acceptors (Lipinski definition) is 5. The Bertz CT molecular complexity index is 581. The Morgan fingerprint density at radius 1 is 1.47 bits per heavy atom. The molecular formula is C13H12BrN5. The SMILES string of the molecule is N#CC[C@]1(C2CN(Br)c3cncnc32)C[C@@H](C#N)C1. The fourth-order valence-electron chi connectivity index (χ4n) is 3.34. The van der Waals surface area contributed by atoms with Gasteiger partial charge in [-0.1, -0.05) is 0 Å². The van der Waals surface area contributed by atoms with Crippen molar-refractivity contribution in [3.8, 4) is 12.1 Å². The van der Waals surface area contributed by atoms with E-state index in [9.17, 15) is 0 Å². The lowest BCUT2D eigenvalue weighted by Crippen LogP contribution is -2.42. The Morgan fingerprint density at radius 2 is 2.26 bits per heavy atom. The molecule has 96 valence electrons. The van der Waals surface area contributed by atoms with Crippen LogP contribution in [-0.4, -0.2) is 16.5 Å². The highest BCUT2D eigenvalue weighted by Gasteiger charge is 2.53. The van der Waals surface area contributed by atoms with Gasteiger partial charge in [0.2, 0.25) is 0 Å². The first-order valence-corrected chi connectivity index (χ1v) is 6.91. The summed E-state index contributed by atoms with van der Waals surface area (Å²) in [5, 5.41) is 18.1. The second-order valence-electron chi connectivity index (χ2n) is 5.32. The van der Waals surface area contributed by atoms with Gasteiger partial charge >= 0.3 is 0 Å². The van der Waals surface area contributed by atoms with E-state index < -0.39 is 0 Å². The zero-order valence-corrected chi connectivity index (χ0v) is 11.8. The molecule has 19 heavy (non-hydrogen) atoms. The van der Waals surface area contributed by atoms with Crippen LogP contribution in [0.5, 0.6) is 0 Å². The van der Waals surface area contributed by atoms with Crippen LogP contribution in [0.15, 0.2) is 12.5 Å². The second-order valence-corrected chi connectivity index (χ2v) is 6.18. The average molecular weight is 318 g/mol. The molecule has 2 aliphatic rings. The van der Waals surface area contributed by atoms with Crippen molar-refractivity contribution >= 4 is 21.8 Å². The van der Waals surface area contributed by atoms with Crippen LogP contribution in [0.4, 0.5) is 5.69 Å². The van der Waals surface area contributed by atoms with E-state index in [4.69, 9.17) is 10.5 Å². The van der Waals surface area contributed by atoms with Gasteiger partial charge in [0.1, 0.15) is 6.33 Å². The van der Waals surface area contributed by atoms with Crippen molar-refractivity contribution in [3.05, 3.63) is 18.2 Å². The summed E-state index contributed by atoms with van der Waals surface area (Å²) in [6.45, 7) is 0.786. The third-order valence-corrected chi connectivity index (χ3v) is 4.99. The minimum Gasteiger partial charge on any atom is -0.305 e. The molecule has 0 aromatic carbocycles. The maximum absolute atomic E-state index is 9.11. The standard InChI is InChI=1S/C13H12BrN5/c14-19-7-10(12-11(19)6-17-8-18-12)13(1-2-15)3-9(4-13)5-16/h6,8-10H,1,3-4,7H2/t9-,10?,13+. The smallest absolute Gasteiger partial charge is 0.115 e. The van der Waals surface area contributed by atoms with Crippen molar-refractivity contribution in [2.45, 2.75) is 25.2 Å². The van der Waals surface area contributed by atoms with Crippen LogP contribution in [0.1, 0.15) is 30.9 Å². The summed E-state index contributed by atoms with van der Waals surface area (Å²) in [6, 6.07) is 4.60. The summed E-state index contributed by atoms with van der Waals surface area (Å²) >= 11 is 3.51. The van der Waals surface area contributed by atoms with Crippen LogP contribution in [-0.2, 0) is 0 Å². The van der Waals surface area contributed by atoms with Crippen molar-refractivity contribution in [2.24, 2.45) is 11.3 Å². The molecule has 1 aliphatic carbocycles. The maximum Gasteiger partial charge on any atom is 0.115 e. The lowest BCUT2D eigenvalue weighted by atomic mass is 9.54. The molecule has 0 bridgehead atoms. The predicted molar refractivity (Wildman–Crippen MR) is 72.0 cm³/mol. The van der Waals surface area contributed by atoms with Crippen molar-refractivity contribution in [1.82, 2.24) is 9.97 Å². The van der Waals surface area contributed by atoms with Crippen LogP contribution in [0.2, 0.25) is 0 Å². The maximum atomic E-state index is 9.11. The molecule has 1 aromatic heterocycles. The summed E-state index contributed by atoms with van der Waals surface area (Å²) in [5.74, 6) is 0.289. The fourth-order valence-corrected chi connectivity index (χ4v) is 3.90. The van der Waals surface area contributed by atoms with Crippen LogP contribution in [0.25, 0.3) is 0 Å². The second kappa shape index (κ2) is 4.47. The minimum atomic E-state index is -0.0965. The Labute approximate surface area is 120 Å². The van der Waals surface area contributed by atoms with Gasteiger partial charge in [0.05, 0.1) is 29.7 Å². The van der Waals surface area contributed by atoms with Crippen LogP contribution >= 0.6 is 16.1 Å². The van der Waals surface area contributed by atoms with Crippen molar-refractivity contribution < 1.29 is 0 Å². The van der Waals surface area contributed by atoms with Crippen molar-refractivity contribution in [2.75, 3.05) is 10.5 Å². The van der Waals surface area contributed by atoms with E-state index >= 15 is 0 Å². The van der Waals surface area contributed by atoms with Crippen molar-refractivity contribution in [3.63, 3.8) is 0 Å². The Hall–Kier alpha value is -1.66. The molecule has 5 nitrogen and oxygen atoms in total. The molecule has 6 heteroatoms. The number of nitriles is 2. The molecule has 0 N–H and O–H groups in total. The van der Waals surface area contributed by atoms with Gasteiger partial charge in [0, 0.05) is 40.9 Å². The van der Waals surface area contributed by atoms with Gasteiger partial charge in [-0.3, -0.25) is 0 Å². The molecule has 1 atom stereocenters. The van der Waals surface area contributed by atoms with E-state index in [1.54, 1.807) is 12.5 Å². The molecule has 1 fully saturated rings. The first-order chi connectivity index (χ1) is 9.20. The molecule has 2 heterocycles. The number of halogens is 1. The summed E-state index contributed by atoms with van der Waals surface area (Å²) in [4.78, 5) is 8.44. The molecule has 1 saturated carbocycles. The molecule has 1 unspecified atom stereocenters. The Balaban J connectivity index is 1.95. The van der Waals surface area contributed by atoms with E-state index in [1.807, 2.05) is 3.93 Å². The molecule has 1 aliphatic heterocycles. The van der Waals surface area contributed by atoms with Gasteiger partial charge in [-0.05, 0) is 18.3 Å². The highest BCUT2D eigenvalue weighted by molar-refractivity contribution is 9.10. The number of nitrogens with zero attached hydrogens (tertiary/aromatic N) is 5. The quantitative estimate of drug-likeness (QED) is 0.783. The number of rotatable bonds is 2. The normalized spacial score (nSPS) is 32.1. The molecule has 0 amide bonds. The molecular weight excluding hydrogens is 306 g/mol. The molecule has 0 spiro atoms. The summed E-state index contributed by atoms with van der Waals surface area (Å²) < 4.78 is 1.96. The van der Waals surface area contributed by atoms with Gasteiger partial charge in [-0.25, -0.2) is 9.97 Å². The highest BCUT2D eigenvalue weighted by atomic mass is 79.9. The van der Waals surface area contributed by atoms with Gasteiger partial charge in [-0.2, -0.15) is 10.5 Å². The predicted octanol–water partition coefficient (Wildman–Crippen LogP) is 2.52. The van der Waals surface area contributed by atoms with Crippen LogP contribution in [0, 0.1) is 34.0 Å². The van der Waals surface area contributed by atoms with Gasteiger partial charge in [-0.15, -0.1) is 0 Å². The molecule has 0 saturated heterocycles. The lowest BCUT2D eigenvalue weighted by molar-refractivity contribution is 0.0622. The third kappa shape index (κ3) is 1.79. The van der Waals surface area contributed by atoms with Crippen molar-refractivity contribution in [1.29, 1.82) is 10.5 Å². The topological polar surface area (TPSA) is 76.6 Å². The minimum absolute atomic E-state index is 0.0861. The number of anilines is 1. The van der Waals surface area contributed by atoms with Crippen LogP contribution in [0.3, 0.4) is 0 Å². The number of aromatic nitrogens is 2. The number of hydrogen-bond donors (Lipinski definition) is 0. The summed E-state index contributed by atoms with van der Waals surface area (Å²) in [5.41, 5.74) is 1.88. The fraction of sp³-hybridized carbons (Fsp3) is 0.538. The molecule has 3 rings (SSSR count). The Morgan fingerprint density at radius 3 is 2.95 bits per heavy atom. The Kier molecular flexibility index (Phi) is 2.91. The van der Waals surface area contributed by atoms with E-state index in [1.165, 1.54) is 0 Å². The molecule has 1 aromatic rings. The van der Waals surface area contributed by atoms with Gasteiger partial charge in [0.25, 0.3) is 0 Å². The number of fused-ring (bicyclic) bond motifs is 1. The highest BCUT2D eigenvalue weighted by Crippen LogP contribution is 2.59. The molecule has 0 radical (unpaired) electrons. The largest absolute Gasteiger partial charge is 0.305 e. The first kappa shape index (κ1) is 12.4. The zero-order chi connectivity index (χ0) is 13.5. The average Bonchev–Trinajstić information content (AvgIpc) is 2.72. The van der Waals surface area contributed by atoms with E-state index in [-0.39, 0.29) is 17.3 Å². The van der Waals surface area contributed by atoms with E-state index in [2.05, 4.69) is 38.3 Å². The monoisotopic (exact) mass is 317 g/mol. The van der Waals surface area contributed by atoms with E-state index in [0.29, 0.717) is 6.42 Å². The van der Waals surface area contributed by atoms with E-state index in [0.717, 1.165) is 30.8 Å². The zero-order valence-electron chi connectivity index (χ0n) is 10.3. The van der Waals surface area contributed by atoms with Crippen LogP contribution < -0.4 is 3.93 Å². The summed E-state index contributed by atoms with van der Waals surface area (Å²) in [7, 11) is 0.